The molecule has 8 heteroatoms. The molecule has 0 atom stereocenters. The Morgan fingerprint density at radius 1 is 1.19 bits per heavy atom. The van der Waals surface area contributed by atoms with Crippen molar-refractivity contribution < 1.29 is 23.0 Å². The third-order valence-corrected chi connectivity index (χ3v) is 4.81. The van der Waals surface area contributed by atoms with Crippen molar-refractivity contribution >= 4 is 29.3 Å². The van der Waals surface area contributed by atoms with Crippen LogP contribution in [0.25, 0.3) is 0 Å². The first-order valence-corrected chi connectivity index (χ1v) is 9.72. The molecular formula is C19H20ClF2NO3S. The van der Waals surface area contributed by atoms with E-state index in [1.54, 1.807) is 18.2 Å². The van der Waals surface area contributed by atoms with Crippen molar-refractivity contribution in [3.05, 3.63) is 58.6 Å². The van der Waals surface area contributed by atoms with Crippen LogP contribution in [0.5, 0.6) is 11.5 Å². The molecule has 0 heterocycles. The number of halogens is 3. The summed E-state index contributed by atoms with van der Waals surface area (Å²) in [7, 11) is 1.38. The zero-order chi connectivity index (χ0) is 19.6. The van der Waals surface area contributed by atoms with E-state index in [9.17, 15) is 13.6 Å². The lowest BCUT2D eigenvalue weighted by atomic mass is 10.1. The Bertz CT molecular complexity index is 761. The molecule has 0 spiro atoms. The van der Waals surface area contributed by atoms with E-state index in [0.29, 0.717) is 29.5 Å². The summed E-state index contributed by atoms with van der Waals surface area (Å²) < 4.78 is 34.3. The van der Waals surface area contributed by atoms with Gasteiger partial charge in [-0.2, -0.15) is 8.78 Å². The van der Waals surface area contributed by atoms with Gasteiger partial charge < -0.3 is 14.8 Å². The highest BCUT2D eigenvalue weighted by Crippen LogP contribution is 2.29. The molecule has 2 aromatic rings. The molecule has 1 N–H and O–H groups in total. The quantitative estimate of drug-likeness (QED) is 0.618. The molecule has 0 unspecified atom stereocenters. The molecule has 0 saturated heterocycles. The van der Waals surface area contributed by atoms with E-state index in [2.05, 4.69) is 10.1 Å². The summed E-state index contributed by atoms with van der Waals surface area (Å²) in [5, 5.41) is 3.48. The molecule has 0 aliphatic rings. The topological polar surface area (TPSA) is 47.6 Å². The van der Waals surface area contributed by atoms with Crippen LogP contribution < -0.4 is 14.8 Å². The molecular weight excluding hydrogens is 396 g/mol. The minimum atomic E-state index is -2.93. The number of amides is 1. The van der Waals surface area contributed by atoms with E-state index in [1.807, 2.05) is 18.2 Å². The van der Waals surface area contributed by atoms with Crippen molar-refractivity contribution in [2.45, 2.75) is 18.8 Å². The first-order valence-electron chi connectivity index (χ1n) is 8.18. The van der Waals surface area contributed by atoms with Gasteiger partial charge in [0.1, 0.15) is 0 Å². The number of nitrogens with one attached hydrogen (secondary N) is 1. The lowest BCUT2D eigenvalue weighted by Gasteiger charge is -2.12. The monoisotopic (exact) mass is 415 g/mol. The number of carbonyl (C=O) groups is 1. The van der Waals surface area contributed by atoms with Crippen LogP contribution in [0.4, 0.5) is 8.78 Å². The van der Waals surface area contributed by atoms with Crippen LogP contribution >= 0.6 is 23.4 Å². The highest BCUT2D eigenvalue weighted by atomic mass is 35.5. The Hall–Kier alpha value is -1.99. The van der Waals surface area contributed by atoms with Gasteiger partial charge >= 0.3 is 6.61 Å². The summed E-state index contributed by atoms with van der Waals surface area (Å²) in [4.78, 5) is 11.9. The summed E-state index contributed by atoms with van der Waals surface area (Å²) in [6, 6.07) is 12.3. The smallest absolute Gasteiger partial charge is 0.387 e. The third kappa shape index (κ3) is 7.64. The Morgan fingerprint density at radius 2 is 2.00 bits per heavy atom. The Morgan fingerprint density at radius 3 is 2.70 bits per heavy atom. The van der Waals surface area contributed by atoms with E-state index in [1.165, 1.54) is 24.9 Å². The predicted octanol–water partition coefficient (Wildman–Crippen LogP) is 4.54. The van der Waals surface area contributed by atoms with E-state index in [4.69, 9.17) is 16.3 Å². The van der Waals surface area contributed by atoms with Crippen molar-refractivity contribution in [1.82, 2.24) is 5.32 Å². The largest absolute Gasteiger partial charge is 0.493 e. The van der Waals surface area contributed by atoms with E-state index >= 15 is 0 Å². The number of carbonyl (C=O) groups excluding carboxylic acids is 1. The van der Waals surface area contributed by atoms with Crippen molar-refractivity contribution in [3.8, 4) is 11.5 Å². The van der Waals surface area contributed by atoms with Crippen LogP contribution in [-0.4, -0.2) is 31.9 Å². The van der Waals surface area contributed by atoms with Gasteiger partial charge in [0.2, 0.25) is 5.91 Å². The average molecular weight is 416 g/mol. The fourth-order valence-electron chi connectivity index (χ4n) is 2.35. The van der Waals surface area contributed by atoms with Gasteiger partial charge in [-0.05, 0) is 41.8 Å². The first-order chi connectivity index (χ1) is 13.0. The number of alkyl halides is 2. The molecule has 146 valence electrons. The Kier molecular flexibility index (Phi) is 8.67. The number of ether oxygens (including phenoxy) is 2. The minimum Gasteiger partial charge on any atom is -0.493 e. The van der Waals surface area contributed by atoms with Gasteiger partial charge in [0.15, 0.2) is 11.5 Å². The van der Waals surface area contributed by atoms with Gasteiger partial charge in [-0.15, -0.1) is 11.8 Å². The standard InChI is InChI=1S/C19H20ClF2NO3S/c1-25-16-6-5-13(10-17(16)26-19(21)22)7-8-23-18(24)12-27-11-14-3-2-4-15(20)9-14/h2-6,9-10,19H,7-8,11-12H2,1H3,(H,23,24). The molecule has 27 heavy (non-hydrogen) atoms. The number of thioether (sulfide) groups is 1. The van der Waals surface area contributed by atoms with E-state index in [0.717, 1.165) is 11.1 Å². The second-order valence-electron chi connectivity index (χ2n) is 5.59. The molecule has 0 aliphatic carbocycles. The molecule has 0 aromatic heterocycles. The summed E-state index contributed by atoms with van der Waals surface area (Å²) in [5.74, 6) is 1.16. The molecule has 0 bridgehead atoms. The second kappa shape index (κ2) is 11.0. The normalized spacial score (nSPS) is 10.7. The van der Waals surface area contributed by atoms with Crippen molar-refractivity contribution in [2.24, 2.45) is 0 Å². The van der Waals surface area contributed by atoms with Gasteiger partial charge in [0, 0.05) is 17.3 Å². The van der Waals surface area contributed by atoms with Crippen molar-refractivity contribution in [1.29, 1.82) is 0 Å². The fraction of sp³-hybridized carbons (Fsp3) is 0.316. The second-order valence-corrected chi connectivity index (χ2v) is 7.01. The van der Waals surface area contributed by atoms with Gasteiger partial charge in [-0.25, -0.2) is 0 Å². The third-order valence-electron chi connectivity index (χ3n) is 3.57. The maximum atomic E-state index is 12.4. The molecule has 1 amide bonds. The van der Waals surface area contributed by atoms with E-state index < -0.39 is 6.61 Å². The van der Waals surface area contributed by atoms with Gasteiger partial charge in [-0.1, -0.05) is 29.8 Å². The number of benzene rings is 2. The molecule has 2 aromatic carbocycles. The number of hydrogen-bond donors (Lipinski definition) is 1. The molecule has 0 saturated carbocycles. The summed E-state index contributed by atoms with van der Waals surface area (Å²) in [6.07, 6.45) is 0.494. The Balaban J connectivity index is 1.74. The maximum absolute atomic E-state index is 12.4. The fourth-order valence-corrected chi connectivity index (χ4v) is 3.37. The lowest BCUT2D eigenvalue weighted by Crippen LogP contribution is -2.27. The highest BCUT2D eigenvalue weighted by molar-refractivity contribution is 7.99. The van der Waals surface area contributed by atoms with Crippen LogP contribution in [-0.2, 0) is 17.0 Å². The molecule has 2 rings (SSSR count). The SMILES string of the molecule is COc1ccc(CCNC(=O)CSCc2cccc(Cl)c2)cc1OC(F)F. The van der Waals surface area contributed by atoms with Crippen LogP contribution in [0.15, 0.2) is 42.5 Å². The lowest BCUT2D eigenvalue weighted by molar-refractivity contribution is -0.118. The average Bonchev–Trinajstić information content (AvgIpc) is 2.61. The van der Waals surface area contributed by atoms with Crippen LogP contribution in [0.2, 0.25) is 5.02 Å². The van der Waals surface area contributed by atoms with Crippen LogP contribution in [0.1, 0.15) is 11.1 Å². The van der Waals surface area contributed by atoms with Gasteiger partial charge in [0.05, 0.1) is 12.9 Å². The predicted molar refractivity (Wildman–Crippen MR) is 104 cm³/mol. The van der Waals surface area contributed by atoms with Gasteiger partial charge in [-0.3, -0.25) is 4.79 Å². The summed E-state index contributed by atoms with van der Waals surface area (Å²) >= 11 is 7.42. The number of methoxy groups -OCH3 is 1. The van der Waals surface area contributed by atoms with E-state index in [-0.39, 0.29) is 17.4 Å². The number of rotatable bonds is 10. The van der Waals surface area contributed by atoms with Gasteiger partial charge in [0.25, 0.3) is 0 Å². The number of hydrogen-bond acceptors (Lipinski definition) is 4. The molecule has 4 nitrogen and oxygen atoms in total. The van der Waals surface area contributed by atoms with Crippen LogP contribution in [0, 0.1) is 0 Å². The molecule has 0 aliphatic heterocycles. The first kappa shape index (κ1) is 21.3. The zero-order valence-electron chi connectivity index (χ0n) is 14.7. The summed E-state index contributed by atoms with van der Waals surface area (Å²) in [6.45, 7) is -2.53. The Labute approximate surface area is 166 Å². The minimum absolute atomic E-state index is 0.0200. The van der Waals surface area contributed by atoms with Crippen molar-refractivity contribution in [2.75, 3.05) is 19.4 Å². The van der Waals surface area contributed by atoms with Crippen molar-refractivity contribution in [3.63, 3.8) is 0 Å². The summed E-state index contributed by atoms with van der Waals surface area (Å²) in [5.41, 5.74) is 1.82. The van der Waals surface area contributed by atoms with Crippen LogP contribution in [0.3, 0.4) is 0 Å². The zero-order valence-corrected chi connectivity index (χ0v) is 16.3. The molecule has 0 radical (unpaired) electrons. The molecule has 0 fully saturated rings. The maximum Gasteiger partial charge on any atom is 0.387 e. The highest BCUT2D eigenvalue weighted by Gasteiger charge is 2.11.